The number of nitrogens with one attached hydrogen (secondary N) is 1. The summed E-state index contributed by atoms with van der Waals surface area (Å²) in [5.74, 6) is 0.489. The zero-order chi connectivity index (χ0) is 17.0. The maximum atomic E-state index is 12.3. The number of benzene rings is 2. The molecule has 1 amide bonds. The van der Waals surface area contributed by atoms with Crippen molar-refractivity contribution in [3.05, 3.63) is 64.2 Å². The van der Waals surface area contributed by atoms with Crippen LogP contribution in [0.15, 0.2) is 42.5 Å². The minimum absolute atomic E-state index is 0.0684. The quantitative estimate of drug-likeness (QED) is 0.869. The summed E-state index contributed by atoms with van der Waals surface area (Å²) in [6, 6.07) is 13.4. The Labute approximate surface area is 142 Å². The van der Waals surface area contributed by atoms with Gasteiger partial charge in [-0.1, -0.05) is 41.4 Å². The van der Waals surface area contributed by atoms with Crippen molar-refractivity contribution in [2.24, 2.45) is 0 Å². The lowest BCUT2D eigenvalue weighted by Gasteiger charge is -2.19. The molecule has 2 aromatic carbocycles. The number of rotatable bonds is 5. The Morgan fingerprint density at radius 3 is 2.35 bits per heavy atom. The van der Waals surface area contributed by atoms with E-state index in [9.17, 15) is 4.79 Å². The van der Waals surface area contributed by atoms with Gasteiger partial charge in [0.25, 0.3) is 5.91 Å². The molecule has 4 heteroatoms. The Hall–Kier alpha value is -2.00. The number of halogens is 1. The predicted molar refractivity (Wildman–Crippen MR) is 94.0 cm³/mol. The first-order valence-corrected chi connectivity index (χ1v) is 8.04. The first-order chi connectivity index (χ1) is 10.9. The highest BCUT2D eigenvalue weighted by atomic mass is 35.5. The molecule has 0 saturated carbocycles. The van der Waals surface area contributed by atoms with Crippen LogP contribution in [0.5, 0.6) is 5.75 Å². The maximum Gasteiger partial charge on any atom is 0.261 e. The van der Waals surface area contributed by atoms with Crippen molar-refractivity contribution in [2.75, 3.05) is 0 Å². The van der Waals surface area contributed by atoms with E-state index in [1.54, 1.807) is 19.1 Å². The molecule has 0 fully saturated rings. The average Bonchev–Trinajstić information content (AvgIpc) is 2.51. The summed E-state index contributed by atoms with van der Waals surface area (Å²) in [5.41, 5.74) is 3.19. The molecule has 0 spiro atoms. The van der Waals surface area contributed by atoms with Gasteiger partial charge < -0.3 is 10.1 Å². The van der Waals surface area contributed by atoms with Crippen LogP contribution in [-0.4, -0.2) is 12.0 Å². The van der Waals surface area contributed by atoms with Crippen LogP contribution in [-0.2, 0) is 4.79 Å². The number of amides is 1. The number of ether oxygens (including phenoxy) is 1. The smallest absolute Gasteiger partial charge is 0.261 e. The van der Waals surface area contributed by atoms with Gasteiger partial charge in [-0.25, -0.2) is 0 Å². The lowest BCUT2D eigenvalue weighted by atomic mass is 10.1. The number of carbonyl (C=O) groups is 1. The molecule has 122 valence electrons. The van der Waals surface area contributed by atoms with Gasteiger partial charge in [0.1, 0.15) is 5.75 Å². The molecular weight excluding hydrogens is 310 g/mol. The second kappa shape index (κ2) is 7.51. The summed E-state index contributed by atoms with van der Waals surface area (Å²) in [6.07, 6.45) is -0.580. The van der Waals surface area contributed by atoms with E-state index < -0.39 is 6.10 Å². The Balaban J connectivity index is 1.96. The first-order valence-electron chi connectivity index (χ1n) is 7.66. The van der Waals surface area contributed by atoms with Crippen LogP contribution < -0.4 is 10.1 Å². The van der Waals surface area contributed by atoms with Gasteiger partial charge >= 0.3 is 0 Å². The molecule has 0 heterocycles. The van der Waals surface area contributed by atoms with E-state index in [-0.39, 0.29) is 11.9 Å². The average molecular weight is 332 g/mol. The molecule has 0 saturated heterocycles. The monoisotopic (exact) mass is 331 g/mol. The van der Waals surface area contributed by atoms with Crippen LogP contribution in [0.25, 0.3) is 0 Å². The second-order valence-electron chi connectivity index (χ2n) is 5.81. The molecule has 0 aromatic heterocycles. The highest BCUT2D eigenvalue weighted by Crippen LogP contribution is 2.22. The number of hydrogen-bond acceptors (Lipinski definition) is 2. The van der Waals surface area contributed by atoms with E-state index in [4.69, 9.17) is 16.3 Å². The van der Waals surface area contributed by atoms with E-state index in [0.717, 1.165) is 11.1 Å². The normalized spacial score (nSPS) is 13.3. The van der Waals surface area contributed by atoms with Crippen molar-refractivity contribution in [3.8, 4) is 5.75 Å². The zero-order valence-electron chi connectivity index (χ0n) is 13.9. The molecular formula is C19H22ClNO2. The molecule has 0 bridgehead atoms. The van der Waals surface area contributed by atoms with Crippen LogP contribution in [0.1, 0.15) is 36.6 Å². The number of aryl methyl sites for hydroxylation is 2. The van der Waals surface area contributed by atoms with Gasteiger partial charge in [0.15, 0.2) is 6.10 Å². The summed E-state index contributed by atoms with van der Waals surface area (Å²) in [4.78, 5) is 12.3. The standard InChI is InChI=1S/C19H22ClNO2/c1-12-5-7-16(8-6-12)14(3)21-19(22)15(4)23-17-9-10-18(20)13(2)11-17/h5-11,14-15H,1-4H3,(H,21,22)/t14-,15-/m1/s1. The fourth-order valence-electron chi connectivity index (χ4n) is 2.22. The SMILES string of the molecule is Cc1ccc([C@@H](C)NC(=O)[C@@H](C)Oc2ccc(Cl)c(C)c2)cc1. The number of hydrogen-bond donors (Lipinski definition) is 1. The largest absolute Gasteiger partial charge is 0.481 e. The van der Waals surface area contributed by atoms with E-state index in [0.29, 0.717) is 10.8 Å². The molecule has 3 nitrogen and oxygen atoms in total. The van der Waals surface area contributed by atoms with Gasteiger partial charge in [0.05, 0.1) is 6.04 Å². The zero-order valence-corrected chi connectivity index (χ0v) is 14.6. The minimum atomic E-state index is -0.580. The van der Waals surface area contributed by atoms with Crippen molar-refractivity contribution in [1.29, 1.82) is 0 Å². The summed E-state index contributed by atoms with van der Waals surface area (Å²) in [6.45, 7) is 7.64. The van der Waals surface area contributed by atoms with Gasteiger partial charge in [0.2, 0.25) is 0 Å². The molecule has 0 unspecified atom stereocenters. The molecule has 0 radical (unpaired) electrons. The molecule has 0 aliphatic heterocycles. The van der Waals surface area contributed by atoms with Gasteiger partial charge in [-0.3, -0.25) is 4.79 Å². The van der Waals surface area contributed by atoms with Crippen molar-refractivity contribution < 1.29 is 9.53 Å². The van der Waals surface area contributed by atoms with Crippen LogP contribution in [0, 0.1) is 13.8 Å². The predicted octanol–water partition coefficient (Wildman–Crippen LogP) is 4.60. The second-order valence-corrected chi connectivity index (χ2v) is 6.22. The van der Waals surface area contributed by atoms with Crippen molar-refractivity contribution in [3.63, 3.8) is 0 Å². The van der Waals surface area contributed by atoms with E-state index >= 15 is 0 Å². The lowest BCUT2D eigenvalue weighted by molar-refractivity contribution is -0.127. The summed E-state index contributed by atoms with van der Waals surface area (Å²) < 4.78 is 5.70. The van der Waals surface area contributed by atoms with Crippen LogP contribution in [0.4, 0.5) is 0 Å². The Bertz CT molecular complexity index is 682. The van der Waals surface area contributed by atoms with Gasteiger partial charge in [-0.05, 0) is 57.0 Å². The highest BCUT2D eigenvalue weighted by molar-refractivity contribution is 6.31. The Morgan fingerprint density at radius 2 is 1.74 bits per heavy atom. The molecule has 1 N–H and O–H groups in total. The first kappa shape index (κ1) is 17.4. The topological polar surface area (TPSA) is 38.3 Å². The van der Waals surface area contributed by atoms with E-state index in [1.807, 2.05) is 51.1 Å². The third-order valence-corrected chi connectivity index (χ3v) is 4.17. The molecule has 23 heavy (non-hydrogen) atoms. The van der Waals surface area contributed by atoms with Crippen LogP contribution >= 0.6 is 11.6 Å². The van der Waals surface area contributed by atoms with Crippen molar-refractivity contribution in [1.82, 2.24) is 5.32 Å². The van der Waals surface area contributed by atoms with Crippen molar-refractivity contribution >= 4 is 17.5 Å². The summed E-state index contributed by atoms with van der Waals surface area (Å²) in [5, 5.41) is 3.65. The Morgan fingerprint density at radius 1 is 1.09 bits per heavy atom. The Kier molecular flexibility index (Phi) is 5.67. The molecule has 2 atom stereocenters. The molecule has 0 aliphatic carbocycles. The van der Waals surface area contributed by atoms with Gasteiger partial charge in [0, 0.05) is 5.02 Å². The third-order valence-electron chi connectivity index (χ3n) is 3.75. The van der Waals surface area contributed by atoms with Gasteiger partial charge in [-0.2, -0.15) is 0 Å². The van der Waals surface area contributed by atoms with Crippen molar-refractivity contribution in [2.45, 2.75) is 39.8 Å². The van der Waals surface area contributed by atoms with Crippen LogP contribution in [0.3, 0.4) is 0 Å². The fourth-order valence-corrected chi connectivity index (χ4v) is 2.33. The van der Waals surface area contributed by atoms with Crippen LogP contribution in [0.2, 0.25) is 5.02 Å². The molecule has 2 rings (SSSR count). The molecule has 2 aromatic rings. The van der Waals surface area contributed by atoms with E-state index in [2.05, 4.69) is 5.32 Å². The summed E-state index contributed by atoms with van der Waals surface area (Å²) in [7, 11) is 0. The molecule has 0 aliphatic rings. The van der Waals surface area contributed by atoms with Gasteiger partial charge in [-0.15, -0.1) is 0 Å². The third kappa shape index (κ3) is 4.73. The van der Waals surface area contributed by atoms with E-state index in [1.165, 1.54) is 5.56 Å². The lowest BCUT2D eigenvalue weighted by Crippen LogP contribution is -2.37. The minimum Gasteiger partial charge on any atom is -0.481 e. The fraction of sp³-hybridized carbons (Fsp3) is 0.316. The highest BCUT2D eigenvalue weighted by Gasteiger charge is 2.18. The number of carbonyl (C=O) groups excluding carboxylic acids is 1. The maximum absolute atomic E-state index is 12.3. The summed E-state index contributed by atoms with van der Waals surface area (Å²) >= 11 is 5.99.